The Morgan fingerprint density at radius 1 is 1.06 bits per heavy atom. The van der Waals surface area contributed by atoms with Gasteiger partial charge in [0.1, 0.15) is 5.75 Å². The zero-order valence-electron chi connectivity index (χ0n) is 18.5. The summed E-state index contributed by atoms with van der Waals surface area (Å²) in [7, 11) is -1.89. The summed E-state index contributed by atoms with van der Waals surface area (Å²) in [5.41, 5.74) is 2.19. The zero-order chi connectivity index (χ0) is 21.8. The van der Waals surface area contributed by atoms with Crippen molar-refractivity contribution in [1.82, 2.24) is 9.62 Å². The first kappa shape index (κ1) is 22.1. The van der Waals surface area contributed by atoms with Gasteiger partial charge in [-0.3, -0.25) is 0 Å². The molecule has 2 aliphatic rings. The highest BCUT2D eigenvalue weighted by Crippen LogP contribution is 2.34. The maximum absolute atomic E-state index is 13.4. The number of hydrogen-bond acceptors (Lipinski definition) is 5. The van der Waals surface area contributed by atoms with E-state index in [2.05, 4.69) is 41.4 Å². The average molecular weight is 444 g/mol. The minimum absolute atomic E-state index is 0.273. The summed E-state index contributed by atoms with van der Waals surface area (Å²) < 4.78 is 34.1. The molecule has 2 aromatic rings. The molecule has 31 heavy (non-hydrogen) atoms. The topological polar surface area (TPSA) is 61.9 Å². The molecule has 1 unspecified atom stereocenters. The van der Waals surface area contributed by atoms with Crippen molar-refractivity contribution in [2.45, 2.75) is 37.1 Å². The average Bonchev–Trinajstić information content (AvgIpc) is 2.80. The highest BCUT2D eigenvalue weighted by molar-refractivity contribution is 7.89. The highest BCUT2D eigenvalue weighted by atomic mass is 32.2. The molecule has 2 saturated heterocycles. The SMILES string of the molecule is COc1ccc(S(=O)(=O)N2CCC(Cc3ccccc3)CC2)cc1N1CCNCC1C. The smallest absolute Gasteiger partial charge is 0.243 e. The van der Waals surface area contributed by atoms with Gasteiger partial charge in [0, 0.05) is 38.8 Å². The molecular formula is C24H33N3O3S. The Hall–Kier alpha value is -2.09. The van der Waals surface area contributed by atoms with Gasteiger partial charge in [-0.2, -0.15) is 4.31 Å². The number of hydrogen-bond donors (Lipinski definition) is 1. The van der Waals surface area contributed by atoms with Crippen LogP contribution in [0.2, 0.25) is 0 Å². The van der Waals surface area contributed by atoms with Gasteiger partial charge in [0.25, 0.3) is 0 Å². The van der Waals surface area contributed by atoms with Crippen LogP contribution in [0.3, 0.4) is 0 Å². The van der Waals surface area contributed by atoms with Gasteiger partial charge in [-0.1, -0.05) is 30.3 Å². The fourth-order valence-electron chi connectivity index (χ4n) is 4.70. The lowest BCUT2D eigenvalue weighted by Crippen LogP contribution is -2.50. The molecule has 2 aliphatic heterocycles. The van der Waals surface area contributed by atoms with Crippen LogP contribution in [0.1, 0.15) is 25.3 Å². The Balaban J connectivity index is 1.49. The van der Waals surface area contributed by atoms with Crippen molar-refractivity contribution in [3.63, 3.8) is 0 Å². The molecule has 0 radical (unpaired) electrons. The Bertz CT molecular complexity index is 973. The molecule has 6 nitrogen and oxygen atoms in total. The van der Waals surface area contributed by atoms with Crippen LogP contribution in [0.4, 0.5) is 5.69 Å². The number of ether oxygens (including phenoxy) is 1. The second-order valence-electron chi connectivity index (χ2n) is 8.62. The maximum atomic E-state index is 13.4. The van der Waals surface area contributed by atoms with Crippen LogP contribution in [-0.2, 0) is 16.4 Å². The maximum Gasteiger partial charge on any atom is 0.243 e. The van der Waals surface area contributed by atoms with Gasteiger partial charge in [-0.05, 0) is 55.9 Å². The standard InChI is InChI=1S/C24H33N3O3S/c1-19-18-25-12-15-27(19)23-17-22(8-9-24(23)30-2)31(28,29)26-13-10-21(11-14-26)16-20-6-4-3-5-7-20/h3-9,17,19,21,25H,10-16,18H2,1-2H3. The fraction of sp³-hybridized carbons (Fsp3) is 0.500. The fourth-order valence-corrected chi connectivity index (χ4v) is 6.19. The van der Waals surface area contributed by atoms with Crippen molar-refractivity contribution in [2.24, 2.45) is 5.92 Å². The van der Waals surface area contributed by atoms with Crippen LogP contribution >= 0.6 is 0 Å². The minimum atomic E-state index is -3.53. The molecule has 1 N–H and O–H groups in total. The Kier molecular flexibility index (Phi) is 6.84. The van der Waals surface area contributed by atoms with Crippen LogP contribution in [0.5, 0.6) is 5.75 Å². The normalized spacial score (nSPS) is 21.2. The first-order chi connectivity index (χ1) is 15.0. The van der Waals surface area contributed by atoms with Gasteiger partial charge < -0.3 is 15.0 Å². The van der Waals surface area contributed by atoms with E-state index >= 15 is 0 Å². The third-order valence-electron chi connectivity index (χ3n) is 6.54. The van der Waals surface area contributed by atoms with Crippen LogP contribution in [-0.4, -0.2) is 58.6 Å². The van der Waals surface area contributed by atoms with Crippen LogP contribution < -0.4 is 15.0 Å². The van der Waals surface area contributed by atoms with E-state index in [4.69, 9.17) is 4.74 Å². The molecule has 0 saturated carbocycles. The second-order valence-corrected chi connectivity index (χ2v) is 10.6. The van der Waals surface area contributed by atoms with E-state index in [1.165, 1.54) is 5.56 Å². The Morgan fingerprint density at radius 3 is 2.48 bits per heavy atom. The molecule has 2 fully saturated rings. The van der Waals surface area contributed by atoms with Crippen LogP contribution in [0.25, 0.3) is 0 Å². The summed E-state index contributed by atoms with van der Waals surface area (Å²) >= 11 is 0. The molecule has 1 atom stereocenters. The van der Waals surface area contributed by atoms with Gasteiger partial charge in [0.05, 0.1) is 17.7 Å². The molecule has 0 aromatic heterocycles. The molecule has 0 aliphatic carbocycles. The third-order valence-corrected chi connectivity index (χ3v) is 8.43. The first-order valence-corrected chi connectivity index (χ1v) is 12.6. The highest BCUT2D eigenvalue weighted by Gasteiger charge is 2.31. The van der Waals surface area contributed by atoms with E-state index in [0.717, 1.165) is 44.6 Å². The molecular weight excluding hydrogens is 410 g/mol. The number of methoxy groups -OCH3 is 1. The minimum Gasteiger partial charge on any atom is -0.495 e. The van der Waals surface area contributed by atoms with Crippen molar-refractivity contribution < 1.29 is 13.2 Å². The van der Waals surface area contributed by atoms with Crippen LogP contribution in [0.15, 0.2) is 53.4 Å². The zero-order valence-corrected chi connectivity index (χ0v) is 19.3. The van der Waals surface area contributed by atoms with Gasteiger partial charge in [0.15, 0.2) is 0 Å². The lowest BCUT2D eigenvalue weighted by Gasteiger charge is -2.37. The summed E-state index contributed by atoms with van der Waals surface area (Å²) in [6.07, 6.45) is 2.81. The molecule has 2 aromatic carbocycles. The van der Waals surface area contributed by atoms with Crippen molar-refractivity contribution >= 4 is 15.7 Å². The molecule has 4 rings (SSSR count). The molecule has 7 heteroatoms. The largest absolute Gasteiger partial charge is 0.495 e. The van der Waals surface area contributed by atoms with E-state index in [9.17, 15) is 8.42 Å². The molecule has 0 amide bonds. The second kappa shape index (κ2) is 9.59. The number of sulfonamides is 1. The lowest BCUT2D eigenvalue weighted by molar-refractivity contribution is 0.273. The monoisotopic (exact) mass is 443 g/mol. The number of benzene rings is 2. The summed E-state index contributed by atoms with van der Waals surface area (Å²) in [5.74, 6) is 1.25. The summed E-state index contributed by atoms with van der Waals surface area (Å²) in [6.45, 7) is 5.86. The Labute approximate surface area is 186 Å². The number of anilines is 1. The summed E-state index contributed by atoms with van der Waals surface area (Å²) in [5, 5.41) is 3.38. The third kappa shape index (κ3) is 4.89. The number of piperidine rings is 1. The molecule has 0 spiro atoms. The van der Waals surface area contributed by atoms with Crippen molar-refractivity contribution in [2.75, 3.05) is 44.7 Å². The van der Waals surface area contributed by atoms with Gasteiger partial charge in [-0.25, -0.2) is 8.42 Å². The number of rotatable bonds is 6. The predicted molar refractivity (Wildman–Crippen MR) is 124 cm³/mol. The van der Waals surface area contributed by atoms with E-state index < -0.39 is 10.0 Å². The molecule has 0 bridgehead atoms. The quantitative estimate of drug-likeness (QED) is 0.743. The first-order valence-electron chi connectivity index (χ1n) is 11.2. The van der Waals surface area contributed by atoms with Crippen molar-refractivity contribution in [3.05, 3.63) is 54.1 Å². The summed E-state index contributed by atoms with van der Waals surface area (Å²) in [6, 6.07) is 16.0. The number of nitrogens with zero attached hydrogens (tertiary/aromatic N) is 2. The van der Waals surface area contributed by atoms with E-state index in [1.54, 1.807) is 29.6 Å². The van der Waals surface area contributed by atoms with Gasteiger partial charge >= 0.3 is 0 Å². The molecule has 2 heterocycles. The predicted octanol–water partition coefficient (Wildman–Crippen LogP) is 3.14. The van der Waals surface area contributed by atoms with E-state index in [-0.39, 0.29) is 6.04 Å². The van der Waals surface area contributed by atoms with Crippen molar-refractivity contribution in [1.29, 1.82) is 0 Å². The van der Waals surface area contributed by atoms with E-state index in [1.807, 2.05) is 6.07 Å². The van der Waals surface area contributed by atoms with Crippen LogP contribution in [0, 0.1) is 5.92 Å². The van der Waals surface area contributed by atoms with Crippen molar-refractivity contribution in [3.8, 4) is 5.75 Å². The molecule has 168 valence electrons. The van der Waals surface area contributed by atoms with Gasteiger partial charge in [0.2, 0.25) is 10.0 Å². The van der Waals surface area contributed by atoms with E-state index in [0.29, 0.717) is 29.7 Å². The summed E-state index contributed by atoms with van der Waals surface area (Å²) in [4.78, 5) is 2.59. The van der Waals surface area contributed by atoms with Gasteiger partial charge in [-0.15, -0.1) is 0 Å². The number of nitrogens with one attached hydrogen (secondary N) is 1. The Morgan fingerprint density at radius 2 is 1.81 bits per heavy atom. The lowest BCUT2D eigenvalue weighted by atomic mass is 9.91. The number of piperazine rings is 1.